The Morgan fingerprint density at radius 3 is 2.50 bits per heavy atom. The molecular formula is C21H19N3OS. The number of anilines is 1. The summed E-state index contributed by atoms with van der Waals surface area (Å²) in [7, 11) is 0. The van der Waals surface area contributed by atoms with Gasteiger partial charge in [0.15, 0.2) is 0 Å². The van der Waals surface area contributed by atoms with Gasteiger partial charge in [-0.15, -0.1) is 11.3 Å². The highest BCUT2D eigenvalue weighted by atomic mass is 32.1. The molecular weight excluding hydrogens is 342 g/mol. The molecule has 0 unspecified atom stereocenters. The molecule has 2 aromatic heterocycles. The molecule has 2 heterocycles. The van der Waals surface area contributed by atoms with E-state index in [4.69, 9.17) is 0 Å². The van der Waals surface area contributed by atoms with Crippen LogP contribution in [0.1, 0.15) is 26.5 Å². The van der Waals surface area contributed by atoms with E-state index in [0.29, 0.717) is 4.88 Å². The number of aromatic nitrogens is 2. The third kappa shape index (κ3) is 2.91. The highest BCUT2D eigenvalue weighted by Crippen LogP contribution is 2.31. The zero-order chi connectivity index (χ0) is 18.3. The van der Waals surface area contributed by atoms with Crippen LogP contribution in [0.4, 0.5) is 5.69 Å². The van der Waals surface area contributed by atoms with E-state index in [1.807, 2.05) is 73.1 Å². The number of hydrogen-bond acceptors (Lipinski definition) is 3. The second kappa shape index (κ2) is 6.42. The summed E-state index contributed by atoms with van der Waals surface area (Å²) in [4.78, 5) is 14.4. The van der Waals surface area contributed by atoms with Gasteiger partial charge in [0, 0.05) is 11.1 Å². The number of carbonyl (C=O) groups is 1. The lowest BCUT2D eigenvalue weighted by Crippen LogP contribution is -2.10. The first-order valence-corrected chi connectivity index (χ1v) is 9.28. The standard InChI is InChI=1S/C21H19N3OS/c1-13-9-10-16(11-14(13)2)22-20(25)19-12-18-15(3)23-24(21(18)26-19)17-7-5-4-6-8-17/h4-12H,1-3H3,(H,22,25). The van der Waals surface area contributed by atoms with Gasteiger partial charge in [-0.05, 0) is 62.2 Å². The van der Waals surface area contributed by atoms with Crippen molar-refractivity contribution >= 4 is 33.1 Å². The number of benzene rings is 2. The number of carbonyl (C=O) groups excluding carboxylic acids is 1. The quantitative estimate of drug-likeness (QED) is 0.541. The maximum absolute atomic E-state index is 12.7. The number of hydrogen-bond donors (Lipinski definition) is 1. The first kappa shape index (κ1) is 16.5. The highest BCUT2D eigenvalue weighted by molar-refractivity contribution is 7.20. The van der Waals surface area contributed by atoms with Crippen LogP contribution in [-0.4, -0.2) is 15.7 Å². The van der Waals surface area contributed by atoms with Crippen molar-refractivity contribution in [2.45, 2.75) is 20.8 Å². The second-order valence-corrected chi connectivity index (χ2v) is 7.45. The topological polar surface area (TPSA) is 46.9 Å². The van der Waals surface area contributed by atoms with Gasteiger partial charge in [0.25, 0.3) is 5.91 Å². The largest absolute Gasteiger partial charge is 0.321 e. The fourth-order valence-electron chi connectivity index (χ4n) is 2.92. The van der Waals surface area contributed by atoms with Gasteiger partial charge in [-0.1, -0.05) is 24.3 Å². The lowest BCUT2D eigenvalue weighted by Gasteiger charge is -2.06. The number of para-hydroxylation sites is 1. The van der Waals surface area contributed by atoms with Crippen molar-refractivity contribution in [3.05, 3.63) is 76.3 Å². The highest BCUT2D eigenvalue weighted by Gasteiger charge is 2.17. The molecule has 4 nitrogen and oxygen atoms in total. The molecule has 1 N–H and O–H groups in total. The second-order valence-electron chi connectivity index (χ2n) is 6.42. The van der Waals surface area contributed by atoms with E-state index in [1.54, 1.807) is 0 Å². The number of rotatable bonds is 3. The van der Waals surface area contributed by atoms with Gasteiger partial charge in [0.2, 0.25) is 0 Å². The summed E-state index contributed by atoms with van der Waals surface area (Å²) in [6.45, 7) is 6.08. The third-order valence-corrected chi connectivity index (χ3v) is 5.64. The molecule has 1 amide bonds. The summed E-state index contributed by atoms with van der Waals surface area (Å²) in [5.41, 5.74) is 5.11. The molecule has 4 rings (SSSR count). The Bertz CT molecular complexity index is 1110. The Morgan fingerprint density at radius 2 is 1.77 bits per heavy atom. The predicted octanol–water partition coefficient (Wildman–Crippen LogP) is 5.26. The maximum Gasteiger partial charge on any atom is 0.265 e. The molecule has 130 valence electrons. The first-order chi connectivity index (χ1) is 12.5. The Balaban J connectivity index is 1.69. The molecule has 0 saturated carbocycles. The van der Waals surface area contributed by atoms with Crippen LogP contribution in [0.25, 0.3) is 15.9 Å². The average molecular weight is 361 g/mol. The van der Waals surface area contributed by atoms with Crippen LogP contribution in [0.5, 0.6) is 0 Å². The molecule has 0 bridgehead atoms. The van der Waals surface area contributed by atoms with Crippen LogP contribution >= 0.6 is 11.3 Å². The lowest BCUT2D eigenvalue weighted by atomic mass is 10.1. The van der Waals surface area contributed by atoms with Crippen molar-refractivity contribution in [1.29, 1.82) is 0 Å². The molecule has 0 fully saturated rings. The van der Waals surface area contributed by atoms with Crippen LogP contribution < -0.4 is 5.32 Å². The lowest BCUT2D eigenvalue weighted by molar-refractivity contribution is 0.103. The summed E-state index contributed by atoms with van der Waals surface area (Å²) in [6, 6.07) is 17.9. The van der Waals surface area contributed by atoms with Crippen molar-refractivity contribution in [3.8, 4) is 5.69 Å². The zero-order valence-corrected chi connectivity index (χ0v) is 15.7. The van der Waals surface area contributed by atoms with Crippen molar-refractivity contribution in [2.75, 3.05) is 5.32 Å². The maximum atomic E-state index is 12.7. The monoisotopic (exact) mass is 361 g/mol. The van der Waals surface area contributed by atoms with E-state index in [-0.39, 0.29) is 5.91 Å². The minimum absolute atomic E-state index is 0.0894. The van der Waals surface area contributed by atoms with E-state index in [9.17, 15) is 4.79 Å². The minimum Gasteiger partial charge on any atom is -0.321 e. The van der Waals surface area contributed by atoms with Gasteiger partial charge in [0.1, 0.15) is 4.83 Å². The number of fused-ring (bicyclic) bond motifs is 1. The summed E-state index contributed by atoms with van der Waals surface area (Å²) >= 11 is 1.46. The fraction of sp³-hybridized carbons (Fsp3) is 0.143. The number of aryl methyl sites for hydroxylation is 3. The molecule has 0 radical (unpaired) electrons. The van der Waals surface area contributed by atoms with E-state index in [1.165, 1.54) is 16.9 Å². The molecule has 26 heavy (non-hydrogen) atoms. The molecule has 0 spiro atoms. The Labute approximate surface area is 156 Å². The van der Waals surface area contributed by atoms with Crippen molar-refractivity contribution < 1.29 is 4.79 Å². The summed E-state index contributed by atoms with van der Waals surface area (Å²) in [5, 5.41) is 8.64. The van der Waals surface area contributed by atoms with Gasteiger partial charge in [-0.3, -0.25) is 4.79 Å². The van der Waals surface area contributed by atoms with E-state index in [2.05, 4.69) is 17.3 Å². The molecule has 5 heteroatoms. The minimum atomic E-state index is -0.0894. The van der Waals surface area contributed by atoms with Crippen LogP contribution in [0.15, 0.2) is 54.6 Å². The van der Waals surface area contributed by atoms with Gasteiger partial charge < -0.3 is 5.32 Å². The molecule has 0 aliphatic carbocycles. The number of nitrogens with one attached hydrogen (secondary N) is 1. The van der Waals surface area contributed by atoms with E-state index < -0.39 is 0 Å². The first-order valence-electron chi connectivity index (χ1n) is 8.46. The summed E-state index contributed by atoms with van der Waals surface area (Å²) in [5.74, 6) is -0.0894. The summed E-state index contributed by atoms with van der Waals surface area (Å²) in [6.07, 6.45) is 0. The van der Waals surface area contributed by atoms with Gasteiger partial charge >= 0.3 is 0 Å². The van der Waals surface area contributed by atoms with Crippen molar-refractivity contribution in [2.24, 2.45) is 0 Å². The molecule has 0 atom stereocenters. The number of amides is 1. The SMILES string of the molecule is Cc1ccc(NC(=O)c2cc3c(C)nn(-c4ccccc4)c3s2)cc1C. The molecule has 4 aromatic rings. The Kier molecular flexibility index (Phi) is 4.09. The van der Waals surface area contributed by atoms with Crippen molar-refractivity contribution in [3.63, 3.8) is 0 Å². The molecule has 2 aromatic carbocycles. The van der Waals surface area contributed by atoms with Gasteiger partial charge in [0.05, 0.1) is 16.3 Å². The zero-order valence-electron chi connectivity index (χ0n) is 14.9. The predicted molar refractivity (Wildman–Crippen MR) is 108 cm³/mol. The van der Waals surface area contributed by atoms with E-state index in [0.717, 1.165) is 32.8 Å². The Hall–Kier alpha value is -2.92. The summed E-state index contributed by atoms with van der Waals surface area (Å²) < 4.78 is 1.90. The molecule has 0 aliphatic heterocycles. The molecule has 0 saturated heterocycles. The molecule has 0 aliphatic rings. The van der Waals surface area contributed by atoms with Crippen LogP contribution in [0, 0.1) is 20.8 Å². The van der Waals surface area contributed by atoms with Crippen LogP contribution in [-0.2, 0) is 0 Å². The number of nitrogens with zero attached hydrogens (tertiary/aromatic N) is 2. The van der Waals surface area contributed by atoms with Crippen molar-refractivity contribution in [1.82, 2.24) is 9.78 Å². The van der Waals surface area contributed by atoms with Crippen LogP contribution in [0.3, 0.4) is 0 Å². The average Bonchev–Trinajstić information content (AvgIpc) is 3.20. The third-order valence-electron chi connectivity index (χ3n) is 4.53. The van der Waals surface area contributed by atoms with Gasteiger partial charge in [-0.25, -0.2) is 4.68 Å². The van der Waals surface area contributed by atoms with E-state index >= 15 is 0 Å². The van der Waals surface area contributed by atoms with Crippen LogP contribution in [0.2, 0.25) is 0 Å². The number of thiophene rings is 1. The van der Waals surface area contributed by atoms with Gasteiger partial charge in [-0.2, -0.15) is 5.10 Å². The smallest absolute Gasteiger partial charge is 0.265 e. The normalized spacial score (nSPS) is 11.0. The fourth-order valence-corrected chi connectivity index (χ4v) is 3.99. The Morgan fingerprint density at radius 1 is 1.00 bits per heavy atom.